The van der Waals surface area contributed by atoms with Crippen LogP contribution in [0.1, 0.15) is 29.4 Å². The van der Waals surface area contributed by atoms with Crippen LogP contribution in [0.4, 0.5) is 5.95 Å². The molecule has 0 aliphatic carbocycles. The molecule has 0 spiro atoms. The first-order chi connectivity index (χ1) is 14.6. The van der Waals surface area contributed by atoms with E-state index in [4.69, 9.17) is 4.98 Å². The van der Waals surface area contributed by atoms with Crippen LogP contribution in [0.5, 0.6) is 0 Å². The van der Waals surface area contributed by atoms with Crippen molar-refractivity contribution in [3.05, 3.63) is 71.9 Å². The van der Waals surface area contributed by atoms with Gasteiger partial charge in [0.1, 0.15) is 0 Å². The van der Waals surface area contributed by atoms with E-state index in [1.807, 2.05) is 48.4 Å². The van der Waals surface area contributed by atoms with Crippen molar-refractivity contribution in [1.82, 2.24) is 29.5 Å². The van der Waals surface area contributed by atoms with Gasteiger partial charge < -0.3 is 4.90 Å². The topological polar surface area (TPSA) is 64.7 Å². The summed E-state index contributed by atoms with van der Waals surface area (Å²) in [4.78, 5) is 11.6. The number of hydrogen-bond donors (Lipinski definition) is 0. The van der Waals surface area contributed by atoms with Crippen molar-refractivity contribution in [1.29, 1.82) is 0 Å². The Morgan fingerprint density at radius 1 is 1.07 bits per heavy atom. The van der Waals surface area contributed by atoms with Crippen molar-refractivity contribution >= 4 is 5.95 Å². The van der Waals surface area contributed by atoms with Crippen molar-refractivity contribution in [3.63, 3.8) is 0 Å². The predicted molar refractivity (Wildman–Crippen MR) is 117 cm³/mol. The minimum atomic E-state index is 0.356. The Morgan fingerprint density at radius 3 is 2.73 bits per heavy atom. The van der Waals surface area contributed by atoms with Gasteiger partial charge in [0.2, 0.25) is 5.95 Å². The number of anilines is 1. The number of nitrogens with zero attached hydrogens (tertiary/aromatic N) is 7. The third-order valence-corrected chi connectivity index (χ3v) is 5.72. The fraction of sp³-hybridized carbons (Fsp3) is 0.304. The van der Waals surface area contributed by atoms with Gasteiger partial charge in [-0.2, -0.15) is 10.2 Å². The Bertz CT molecular complexity index is 1190. The molecule has 0 amide bonds. The minimum absolute atomic E-state index is 0.356. The second-order valence-corrected chi connectivity index (χ2v) is 7.96. The van der Waals surface area contributed by atoms with Crippen molar-refractivity contribution in [2.45, 2.75) is 33.2 Å². The highest BCUT2D eigenvalue weighted by atomic mass is 15.4. The van der Waals surface area contributed by atoms with Crippen LogP contribution in [0.15, 0.2) is 55.0 Å². The molecule has 7 nitrogen and oxygen atoms in total. The van der Waals surface area contributed by atoms with Gasteiger partial charge in [0.05, 0.1) is 29.3 Å². The first kappa shape index (κ1) is 18.5. The maximum absolute atomic E-state index is 4.84. The quantitative estimate of drug-likeness (QED) is 0.521. The lowest BCUT2D eigenvalue weighted by Crippen LogP contribution is -2.23. The van der Waals surface area contributed by atoms with E-state index in [9.17, 15) is 0 Å². The van der Waals surface area contributed by atoms with Gasteiger partial charge in [-0.25, -0.2) is 14.6 Å². The Balaban J connectivity index is 1.38. The van der Waals surface area contributed by atoms with E-state index in [2.05, 4.69) is 56.8 Å². The molecule has 5 rings (SSSR count). The number of aromatic nitrogens is 6. The molecule has 7 heteroatoms. The fourth-order valence-electron chi connectivity index (χ4n) is 4.21. The van der Waals surface area contributed by atoms with Crippen molar-refractivity contribution < 1.29 is 0 Å². The van der Waals surface area contributed by atoms with Gasteiger partial charge in [0.25, 0.3) is 0 Å². The summed E-state index contributed by atoms with van der Waals surface area (Å²) in [5, 5.41) is 9.21. The number of hydrogen-bond acceptors (Lipinski definition) is 5. The molecule has 0 N–H and O–H groups in total. The molecule has 152 valence electrons. The van der Waals surface area contributed by atoms with Gasteiger partial charge in [-0.3, -0.25) is 4.68 Å². The molecule has 1 aromatic carbocycles. The van der Waals surface area contributed by atoms with E-state index in [0.717, 1.165) is 48.1 Å². The molecule has 1 aliphatic rings. The van der Waals surface area contributed by atoms with Crippen molar-refractivity contribution in [2.24, 2.45) is 0 Å². The molecule has 0 saturated carbocycles. The highest BCUT2D eigenvalue weighted by Crippen LogP contribution is 2.27. The standard InChI is InChI=1S/C23H25N7/c1-16-6-4-5-7-22(16)29-14-19(13-25-29)21-8-10-24-23(26-21)28-11-9-20(15-28)30-18(3)12-17(2)27-30/h4-8,10,12-14,20H,9,11,15H2,1-3H3/t20-/m0/s1. The van der Waals surface area contributed by atoms with Crippen LogP contribution in [0.2, 0.25) is 0 Å². The molecule has 1 atom stereocenters. The van der Waals surface area contributed by atoms with E-state index in [1.165, 1.54) is 11.3 Å². The summed E-state index contributed by atoms with van der Waals surface area (Å²) in [5.41, 5.74) is 6.39. The van der Waals surface area contributed by atoms with Crippen molar-refractivity contribution in [2.75, 3.05) is 18.0 Å². The molecule has 0 radical (unpaired) electrons. The van der Waals surface area contributed by atoms with Crippen LogP contribution >= 0.6 is 0 Å². The minimum Gasteiger partial charge on any atom is -0.339 e. The van der Waals surface area contributed by atoms with Crippen LogP contribution in [0.3, 0.4) is 0 Å². The molecule has 1 saturated heterocycles. The lowest BCUT2D eigenvalue weighted by Gasteiger charge is -2.17. The van der Waals surface area contributed by atoms with Crippen LogP contribution in [-0.4, -0.2) is 42.6 Å². The highest BCUT2D eigenvalue weighted by molar-refractivity contribution is 5.59. The molecular weight excluding hydrogens is 374 g/mol. The first-order valence-electron chi connectivity index (χ1n) is 10.3. The van der Waals surface area contributed by atoms with E-state index in [0.29, 0.717) is 6.04 Å². The molecule has 1 aliphatic heterocycles. The van der Waals surface area contributed by atoms with Gasteiger partial charge in [0, 0.05) is 36.7 Å². The maximum Gasteiger partial charge on any atom is 0.225 e. The monoisotopic (exact) mass is 399 g/mol. The third kappa shape index (κ3) is 3.36. The zero-order valence-electron chi connectivity index (χ0n) is 17.5. The number of benzene rings is 1. The molecule has 4 heterocycles. The summed E-state index contributed by atoms with van der Waals surface area (Å²) in [6.45, 7) is 8.04. The largest absolute Gasteiger partial charge is 0.339 e. The van der Waals surface area contributed by atoms with Crippen LogP contribution in [0.25, 0.3) is 16.9 Å². The van der Waals surface area contributed by atoms with Crippen LogP contribution in [0, 0.1) is 20.8 Å². The third-order valence-electron chi connectivity index (χ3n) is 5.72. The Hall–Kier alpha value is -3.48. The zero-order valence-corrected chi connectivity index (χ0v) is 17.5. The Labute approximate surface area is 176 Å². The summed E-state index contributed by atoms with van der Waals surface area (Å²) < 4.78 is 4.05. The number of para-hydroxylation sites is 1. The van der Waals surface area contributed by atoms with Crippen LogP contribution in [-0.2, 0) is 0 Å². The van der Waals surface area contributed by atoms with Gasteiger partial charge >= 0.3 is 0 Å². The molecular formula is C23H25N7. The van der Waals surface area contributed by atoms with Crippen molar-refractivity contribution in [3.8, 4) is 16.9 Å². The Morgan fingerprint density at radius 2 is 1.93 bits per heavy atom. The number of rotatable bonds is 4. The van der Waals surface area contributed by atoms with Gasteiger partial charge in [-0.1, -0.05) is 18.2 Å². The lowest BCUT2D eigenvalue weighted by atomic mass is 10.2. The summed E-state index contributed by atoms with van der Waals surface area (Å²) >= 11 is 0. The summed E-state index contributed by atoms with van der Waals surface area (Å²) in [6, 6.07) is 12.7. The second kappa shape index (κ2) is 7.40. The van der Waals surface area contributed by atoms with Gasteiger partial charge in [-0.05, 0) is 51.0 Å². The van der Waals surface area contributed by atoms with E-state index < -0.39 is 0 Å². The average Bonchev–Trinajstić information content (AvgIpc) is 3.48. The first-order valence-corrected chi connectivity index (χ1v) is 10.3. The average molecular weight is 400 g/mol. The maximum atomic E-state index is 4.84. The SMILES string of the molecule is Cc1cc(C)n([C@H]2CCN(c3nccc(-c4cnn(-c5ccccc5C)c4)n3)C2)n1. The Kier molecular flexibility index (Phi) is 4.58. The molecule has 4 aromatic rings. The summed E-state index contributed by atoms with van der Waals surface area (Å²) in [5.74, 6) is 0.764. The molecule has 3 aromatic heterocycles. The predicted octanol–water partition coefficient (Wildman–Crippen LogP) is 3.90. The highest BCUT2D eigenvalue weighted by Gasteiger charge is 2.27. The summed E-state index contributed by atoms with van der Waals surface area (Å²) in [7, 11) is 0. The van der Waals surface area contributed by atoms with Gasteiger partial charge in [-0.15, -0.1) is 0 Å². The molecule has 1 fully saturated rings. The summed E-state index contributed by atoms with van der Waals surface area (Å²) in [6.07, 6.45) is 6.76. The van der Waals surface area contributed by atoms with Crippen LogP contribution < -0.4 is 4.90 Å². The fourth-order valence-corrected chi connectivity index (χ4v) is 4.21. The molecule has 0 unspecified atom stereocenters. The molecule has 30 heavy (non-hydrogen) atoms. The smallest absolute Gasteiger partial charge is 0.225 e. The number of aryl methyl sites for hydroxylation is 3. The normalized spacial score (nSPS) is 16.4. The van der Waals surface area contributed by atoms with Gasteiger partial charge in [0.15, 0.2) is 0 Å². The lowest BCUT2D eigenvalue weighted by molar-refractivity contribution is 0.480. The zero-order chi connectivity index (χ0) is 20.7. The van der Waals surface area contributed by atoms with E-state index >= 15 is 0 Å². The molecule has 0 bridgehead atoms. The second-order valence-electron chi connectivity index (χ2n) is 7.96. The van der Waals surface area contributed by atoms with E-state index in [1.54, 1.807) is 0 Å². The van der Waals surface area contributed by atoms with E-state index in [-0.39, 0.29) is 0 Å².